The Morgan fingerprint density at radius 3 is 1.79 bits per heavy atom. The first kappa shape index (κ1) is 35.7. The molecule has 0 atom stereocenters. The van der Waals surface area contributed by atoms with E-state index in [1.54, 1.807) is 0 Å². The van der Waals surface area contributed by atoms with Crippen LogP contribution in [-0.4, -0.2) is 4.57 Å². The highest BCUT2D eigenvalue weighted by molar-refractivity contribution is 6.12. The summed E-state index contributed by atoms with van der Waals surface area (Å²) >= 11 is 0. The molecule has 0 radical (unpaired) electrons. The molecule has 0 saturated carbocycles. The van der Waals surface area contributed by atoms with Crippen molar-refractivity contribution in [3.63, 3.8) is 0 Å². The summed E-state index contributed by atoms with van der Waals surface area (Å²) in [7, 11) is 0. The van der Waals surface area contributed by atoms with E-state index in [-0.39, 0.29) is 5.41 Å². The summed E-state index contributed by atoms with van der Waals surface area (Å²) in [4.78, 5) is 2.41. The summed E-state index contributed by atoms with van der Waals surface area (Å²) < 4.78 is 15.1. The molecule has 298 valence electrons. The molecule has 63 heavy (non-hydrogen) atoms. The SMILES string of the molecule is CC1(C)c2ccccc2-c2ccc(N(c3ccc(-c4ccccc4)cc3)c3ccc4c(ccc5cc(-n6c7ccccc7c7cc8c(cc76)Oc6ccccc6O8)ccc54)c3)cc21. The molecule has 0 fully saturated rings. The number of rotatable bonds is 5. The van der Waals surface area contributed by atoms with E-state index in [0.717, 1.165) is 56.4 Å². The minimum atomic E-state index is -0.112. The van der Waals surface area contributed by atoms with Crippen LogP contribution in [0.25, 0.3) is 71.3 Å². The number of fused-ring (bicyclic) bond motifs is 11. The van der Waals surface area contributed by atoms with Crippen molar-refractivity contribution in [2.45, 2.75) is 19.3 Å². The molecule has 2 heterocycles. The Hall–Kier alpha value is -8.08. The lowest BCUT2D eigenvalue weighted by Gasteiger charge is -2.28. The van der Waals surface area contributed by atoms with Crippen molar-refractivity contribution >= 4 is 60.4 Å². The second kappa shape index (κ2) is 13.5. The molecule has 0 unspecified atom stereocenters. The van der Waals surface area contributed by atoms with Gasteiger partial charge in [-0.15, -0.1) is 0 Å². The summed E-state index contributed by atoms with van der Waals surface area (Å²) in [5.41, 5.74) is 14.3. The van der Waals surface area contributed by atoms with Gasteiger partial charge in [0.25, 0.3) is 0 Å². The van der Waals surface area contributed by atoms with Gasteiger partial charge in [-0.3, -0.25) is 0 Å². The molecule has 4 heteroatoms. The van der Waals surface area contributed by atoms with Gasteiger partial charge in [-0.1, -0.05) is 141 Å². The summed E-state index contributed by atoms with van der Waals surface area (Å²) in [6, 6.07) is 74.4. The predicted molar refractivity (Wildman–Crippen MR) is 260 cm³/mol. The summed E-state index contributed by atoms with van der Waals surface area (Å²) in [6.07, 6.45) is 0. The highest BCUT2D eigenvalue weighted by Crippen LogP contribution is 2.52. The molecular formula is C59H40N2O2. The molecular weight excluding hydrogens is 769 g/mol. The molecule has 0 bridgehead atoms. The van der Waals surface area contributed by atoms with E-state index in [1.807, 2.05) is 24.3 Å². The lowest BCUT2D eigenvalue weighted by Crippen LogP contribution is -2.16. The minimum absolute atomic E-state index is 0.112. The average Bonchev–Trinajstić information content (AvgIpc) is 3.77. The Balaban J connectivity index is 0.923. The van der Waals surface area contributed by atoms with Gasteiger partial charge in [0.05, 0.1) is 11.0 Å². The zero-order chi connectivity index (χ0) is 41.8. The smallest absolute Gasteiger partial charge is 0.172 e. The van der Waals surface area contributed by atoms with Gasteiger partial charge in [0, 0.05) is 45.0 Å². The third-order valence-corrected chi connectivity index (χ3v) is 13.4. The molecule has 0 amide bonds. The van der Waals surface area contributed by atoms with Gasteiger partial charge < -0.3 is 18.9 Å². The van der Waals surface area contributed by atoms with E-state index >= 15 is 0 Å². The number of aromatic nitrogens is 1. The minimum Gasteiger partial charge on any atom is -0.449 e. The van der Waals surface area contributed by atoms with Crippen LogP contribution in [0, 0.1) is 0 Å². The molecule has 0 saturated heterocycles. The molecule has 1 aliphatic carbocycles. The maximum atomic E-state index is 6.40. The first-order valence-corrected chi connectivity index (χ1v) is 21.7. The summed E-state index contributed by atoms with van der Waals surface area (Å²) in [6.45, 7) is 4.70. The van der Waals surface area contributed by atoms with Crippen molar-refractivity contribution in [2.75, 3.05) is 4.90 Å². The largest absolute Gasteiger partial charge is 0.449 e. The lowest BCUT2D eigenvalue weighted by atomic mass is 9.82. The van der Waals surface area contributed by atoms with Gasteiger partial charge in [-0.2, -0.15) is 0 Å². The Bertz CT molecular complexity index is 3660. The van der Waals surface area contributed by atoms with Crippen LogP contribution in [0.4, 0.5) is 17.1 Å². The highest BCUT2D eigenvalue weighted by Gasteiger charge is 2.36. The van der Waals surface area contributed by atoms with E-state index in [9.17, 15) is 0 Å². The molecule has 1 aromatic heterocycles. The van der Waals surface area contributed by atoms with E-state index in [2.05, 4.69) is 205 Å². The quantitative estimate of drug-likeness (QED) is 0.162. The summed E-state index contributed by atoms with van der Waals surface area (Å²) in [5, 5.41) is 7.08. The molecule has 11 aromatic rings. The zero-order valence-corrected chi connectivity index (χ0v) is 34.8. The van der Waals surface area contributed by atoms with Crippen LogP contribution in [0.2, 0.25) is 0 Å². The molecule has 0 N–H and O–H groups in total. The van der Waals surface area contributed by atoms with Crippen molar-refractivity contribution in [1.82, 2.24) is 4.57 Å². The first-order chi connectivity index (χ1) is 31.0. The topological polar surface area (TPSA) is 26.6 Å². The van der Waals surface area contributed by atoms with Crippen LogP contribution in [0.15, 0.2) is 206 Å². The maximum absolute atomic E-state index is 6.40. The fourth-order valence-corrected chi connectivity index (χ4v) is 10.3. The molecule has 0 spiro atoms. The molecule has 2 aliphatic rings. The van der Waals surface area contributed by atoms with Crippen LogP contribution in [-0.2, 0) is 5.41 Å². The maximum Gasteiger partial charge on any atom is 0.172 e. The Morgan fingerprint density at radius 2 is 0.984 bits per heavy atom. The average molecular weight is 809 g/mol. The van der Waals surface area contributed by atoms with Crippen molar-refractivity contribution in [2.24, 2.45) is 0 Å². The predicted octanol–water partition coefficient (Wildman–Crippen LogP) is 16.4. The number of hydrogen-bond donors (Lipinski definition) is 0. The fraction of sp³-hybridized carbons (Fsp3) is 0.0508. The molecule has 13 rings (SSSR count). The van der Waals surface area contributed by atoms with Gasteiger partial charge in [-0.05, 0) is 128 Å². The monoisotopic (exact) mass is 808 g/mol. The van der Waals surface area contributed by atoms with E-state index in [0.29, 0.717) is 5.75 Å². The molecule has 1 aliphatic heterocycles. The number of para-hydroxylation sites is 3. The Morgan fingerprint density at radius 1 is 0.381 bits per heavy atom. The third-order valence-electron chi connectivity index (χ3n) is 13.4. The number of nitrogens with zero attached hydrogens (tertiary/aromatic N) is 2. The van der Waals surface area contributed by atoms with Crippen LogP contribution in [0.5, 0.6) is 23.0 Å². The van der Waals surface area contributed by atoms with Crippen molar-refractivity contribution < 1.29 is 9.47 Å². The first-order valence-electron chi connectivity index (χ1n) is 21.7. The summed E-state index contributed by atoms with van der Waals surface area (Å²) in [5.74, 6) is 2.88. The number of hydrogen-bond acceptors (Lipinski definition) is 3. The normalized spacial score (nSPS) is 13.3. The van der Waals surface area contributed by atoms with Gasteiger partial charge in [0.1, 0.15) is 0 Å². The van der Waals surface area contributed by atoms with Crippen molar-refractivity contribution in [3.05, 3.63) is 217 Å². The van der Waals surface area contributed by atoms with Crippen molar-refractivity contribution in [1.29, 1.82) is 0 Å². The van der Waals surface area contributed by atoms with Gasteiger partial charge in [-0.25, -0.2) is 0 Å². The Kier molecular flexibility index (Phi) is 7.62. The fourth-order valence-electron chi connectivity index (χ4n) is 10.3. The van der Waals surface area contributed by atoms with Crippen LogP contribution in [0.3, 0.4) is 0 Å². The molecule has 10 aromatic carbocycles. The third kappa shape index (κ3) is 5.48. The number of ether oxygens (including phenoxy) is 2. The standard InChI is InChI=1S/C59H40N2O2/c1-59(2)51-16-8-6-14-47(51)48-31-28-44(34-52(48)59)60(41-24-22-38(23-25-41)37-12-4-3-5-13-37)42-26-29-45-39(32-42)20-21-40-33-43(27-30-46(40)45)61-53-17-9-7-15-49(53)50-35-57-58(36-54(50)61)63-56-19-11-10-18-55(56)62-57/h3-36H,1-2H3. The van der Waals surface area contributed by atoms with Crippen LogP contribution in [0.1, 0.15) is 25.0 Å². The van der Waals surface area contributed by atoms with E-state index in [1.165, 1.54) is 60.3 Å². The number of anilines is 3. The number of benzene rings is 10. The second-order valence-electron chi connectivity index (χ2n) is 17.3. The highest BCUT2D eigenvalue weighted by atomic mass is 16.6. The van der Waals surface area contributed by atoms with Gasteiger partial charge in [0.15, 0.2) is 23.0 Å². The van der Waals surface area contributed by atoms with E-state index in [4.69, 9.17) is 9.47 Å². The Labute approximate surface area is 365 Å². The molecule has 4 nitrogen and oxygen atoms in total. The van der Waals surface area contributed by atoms with E-state index < -0.39 is 0 Å². The van der Waals surface area contributed by atoms with Crippen molar-refractivity contribution in [3.8, 4) is 50.9 Å². The van der Waals surface area contributed by atoms with Crippen LogP contribution >= 0.6 is 0 Å². The lowest BCUT2D eigenvalue weighted by molar-refractivity contribution is 0.360. The van der Waals surface area contributed by atoms with Gasteiger partial charge in [0.2, 0.25) is 0 Å². The second-order valence-corrected chi connectivity index (χ2v) is 17.3. The van der Waals surface area contributed by atoms with Crippen LogP contribution < -0.4 is 14.4 Å². The van der Waals surface area contributed by atoms with Gasteiger partial charge >= 0.3 is 0 Å². The zero-order valence-electron chi connectivity index (χ0n) is 34.8.